The number of hydrogen-bond acceptors (Lipinski definition) is 5. The van der Waals surface area contributed by atoms with Crippen LogP contribution in [0, 0.1) is 0 Å². The molecule has 9 heteroatoms. The third-order valence-electron chi connectivity index (χ3n) is 3.43. The van der Waals surface area contributed by atoms with Crippen LogP contribution in [0.1, 0.15) is 24.2 Å². The van der Waals surface area contributed by atoms with Crippen molar-refractivity contribution in [3.8, 4) is 0 Å². The number of sulfonamides is 1. The number of carbonyl (C=O) groups excluding carboxylic acids is 1. The second-order valence-corrected chi connectivity index (χ2v) is 7.46. The van der Waals surface area contributed by atoms with Crippen LogP contribution in [0.15, 0.2) is 23.1 Å². The van der Waals surface area contributed by atoms with Crippen LogP contribution in [-0.2, 0) is 10.0 Å². The molecule has 1 aliphatic heterocycles. The minimum Gasteiger partial charge on any atom is -0.336 e. The van der Waals surface area contributed by atoms with Crippen molar-refractivity contribution in [2.45, 2.75) is 30.8 Å². The van der Waals surface area contributed by atoms with Crippen molar-refractivity contribution in [1.29, 1.82) is 0 Å². The van der Waals surface area contributed by atoms with Crippen LogP contribution in [0.2, 0.25) is 5.02 Å². The maximum atomic E-state index is 12.5. The summed E-state index contributed by atoms with van der Waals surface area (Å²) in [7, 11) is -4.15. The van der Waals surface area contributed by atoms with Gasteiger partial charge in [0.1, 0.15) is 4.90 Å². The van der Waals surface area contributed by atoms with Crippen LogP contribution in [0.5, 0.6) is 0 Å². The van der Waals surface area contributed by atoms with E-state index >= 15 is 0 Å². The largest absolute Gasteiger partial charge is 0.336 e. The lowest BCUT2D eigenvalue weighted by Crippen LogP contribution is -2.55. The molecular formula is C13H18ClN3O4S. The van der Waals surface area contributed by atoms with E-state index in [4.69, 9.17) is 16.8 Å². The highest BCUT2D eigenvalue weighted by molar-refractivity contribution is 7.89. The van der Waals surface area contributed by atoms with Crippen LogP contribution in [0.4, 0.5) is 0 Å². The lowest BCUT2D eigenvalue weighted by Gasteiger charge is -2.36. The molecule has 2 atom stereocenters. The number of nitrogens with one attached hydrogen (secondary N) is 2. The highest BCUT2D eigenvalue weighted by Crippen LogP contribution is 2.23. The van der Waals surface area contributed by atoms with E-state index in [1.54, 1.807) is 4.90 Å². The monoisotopic (exact) mass is 347 g/mol. The van der Waals surface area contributed by atoms with Gasteiger partial charge in [0.25, 0.3) is 15.9 Å². The summed E-state index contributed by atoms with van der Waals surface area (Å²) in [6.45, 7) is 5.02. The average molecular weight is 348 g/mol. The Morgan fingerprint density at radius 2 is 1.95 bits per heavy atom. The number of amides is 1. The summed E-state index contributed by atoms with van der Waals surface area (Å²) in [5, 5.41) is 12.0. The zero-order valence-corrected chi connectivity index (χ0v) is 13.8. The van der Waals surface area contributed by atoms with Gasteiger partial charge in [0.15, 0.2) is 0 Å². The summed E-state index contributed by atoms with van der Waals surface area (Å²) in [5.74, 6) is -0.272. The summed E-state index contributed by atoms with van der Waals surface area (Å²) in [5.41, 5.74) is 0.208. The zero-order valence-electron chi connectivity index (χ0n) is 12.2. The first-order chi connectivity index (χ1) is 10.2. The van der Waals surface area contributed by atoms with Gasteiger partial charge in [-0.05, 0) is 32.0 Å². The van der Waals surface area contributed by atoms with Gasteiger partial charge in [-0.25, -0.2) is 8.42 Å². The molecule has 7 nitrogen and oxygen atoms in total. The van der Waals surface area contributed by atoms with E-state index in [-0.39, 0.29) is 33.5 Å². The predicted molar refractivity (Wildman–Crippen MR) is 81.5 cm³/mol. The van der Waals surface area contributed by atoms with E-state index < -0.39 is 10.0 Å². The molecule has 0 saturated carbocycles. The molecule has 1 fully saturated rings. The van der Waals surface area contributed by atoms with Crippen molar-refractivity contribution in [3.05, 3.63) is 28.8 Å². The SMILES string of the molecule is CC1CN(C(=O)c2ccc(Cl)c(S(=O)(=O)NO)c2)CC(C)N1. The number of rotatable bonds is 3. The van der Waals surface area contributed by atoms with Crippen LogP contribution >= 0.6 is 11.6 Å². The molecule has 1 aromatic carbocycles. The van der Waals surface area contributed by atoms with E-state index in [2.05, 4.69) is 5.32 Å². The van der Waals surface area contributed by atoms with Crippen molar-refractivity contribution in [3.63, 3.8) is 0 Å². The third kappa shape index (κ3) is 3.58. The molecule has 1 saturated heterocycles. The van der Waals surface area contributed by atoms with E-state index in [1.165, 1.54) is 23.1 Å². The minimum atomic E-state index is -4.15. The van der Waals surface area contributed by atoms with Crippen molar-refractivity contribution in [2.24, 2.45) is 0 Å². The molecule has 22 heavy (non-hydrogen) atoms. The Hall–Kier alpha value is -1.19. The number of benzene rings is 1. The lowest BCUT2D eigenvalue weighted by molar-refractivity contribution is 0.0673. The summed E-state index contributed by atoms with van der Waals surface area (Å²) in [4.78, 5) is 15.1. The molecule has 1 aromatic rings. The average Bonchev–Trinajstić information content (AvgIpc) is 2.45. The van der Waals surface area contributed by atoms with E-state index in [0.717, 1.165) is 0 Å². The van der Waals surface area contributed by atoms with Crippen LogP contribution in [-0.4, -0.2) is 49.6 Å². The smallest absolute Gasteiger partial charge is 0.263 e. The van der Waals surface area contributed by atoms with Crippen LogP contribution < -0.4 is 10.2 Å². The van der Waals surface area contributed by atoms with Gasteiger partial charge in [-0.15, -0.1) is 0 Å². The van der Waals surface area contributed by atoms with Gasteiger partial charge in [0.05, 0.1) is 5.02 Å². The molecule has 1 heterocycles. The van der Waals surface area contributed by atoms with Crippen molar-refractivity contribution in [2.75, 3.05) is 13.1 Å². The highest BCUT2D eigenvalue weighted by Gasteiger charge is 2.27. The molecule has 1 aliphatic rings. The number of nitrogens with zero attached hydrogens (tertiary/aromatic N) is 1. The number of carbonyl (C=O) groups is 1. The van der Waals surface area contributed by atoms with Crippen LogP contribution in [0.25, 0.3) is 0 Å². The fourth-order valence-corrected chi connectivity index (χ4v) is 3.69. The van der Waals surface area contributed by atoms with E-state index in [9.17, 15) is 13.2 Å². The van der Waals surface area contributed by atoms with Crippen molar-refractivity contribution in [1.82, 2.24) is 15.1 Å². The van der Waals surface area contributed by atoms with Crippen LogP contribution in [0.3, 0.4) is 0 Å². The highest BCUT2D eigenvalue weighted by atomic mass is 35.5. The maximum Gasteiger partial charge on any atom is 0.263 e. The molecule has 0 spiro atoms. The second-order valence-electron chi connectivity index (χ2n) is 5.42. The van der Waals surface area contributed by atoms with Crippen molar-refractivity contribution < 1.29 is 18.4 Å². The summed E-state index contributed by atoms with van der Waals surface area (Å²) < 4.78 is 23.4. The quantitative estimate of drug-likeness (QED) is 0.703. The number of halogens is 1. The molecule has 2 rings (SSSR count). The Labute approximate surface area is 134 Å². The second kappa shape index (κ2) is 6.51. The van der Waals surface area contributed by atoms with E-state index in [1.807, 2.05) is 13.8 Å². The lowest BCUT2D eigenvalue weighted by atomic mass is 10.1. The fourth-order valence-electron chi connectivity index (χ4n) is 2.57. The molecule has 0 radical (unpaired) electrons. The number of hydrogen-bond donors (Lipinski definition) is 3. The Balaban J connectivity index is 2.33. The molecule has 3 N–H and O–H groups in total. The molecule has 2 unspecified atom stereocenters. The molecular weight excluding hydrogens is 330 g/mol. The molecule has 0 aliphatic carbocycles. The molecule has 1 amide bonds. The topological polar surface area (TPSA) is 98.7 Å². The fraction of sp³-hybridized carbons (Fsp3) is 0.462. The van der Waals surface area contributed by atoms with Gasteiger partial charge in [0, 0.05) is 30.7 Å². The molecule has 122 valence electrons. The Kier molecular flexibility index (Phi) is 5.08. The van der Waals surface area contributed by atoms with E-state index in [0.29, 0.717) is 13.1 Å². The Morgan fingerprint density at radius 1 is 1.36 bits per heavy atom. The van der Waals surface area contributed by atoms with Gasteiger partial charge in [-0.3, -0.25) is 4.79 Å². The molecule has 0 bridgehead atoms. The third-order valence-corrected chi connectivity index (χ3v) is 5.03. The standard InChI is InChI=1S/C13H18ClN3O4S/c1-8-6-17(7-9(2)15-8)13(18)10-3-4-11(14)12(5-10)22(20,21)16-19/h3-5,8-9,15-16,19H,6-7H2,1-2H3. The Bertz CT molecular complexity index is 670. The van der Waals surface area contributed by atoms with Gasteiger partial charge < -0.3 is 15.4 Å². The summed E-state index contributed by atoms with van der Waals surface area (Å²) in [6.07, 6.45) is 0. The first-order valence-corrected chi connectivity index (χ1v) is 8.61. The van der Waals surface area contributed by atoms with Gasteiger partial charge in [-0.2, -0.15) is 0 Å². The zero-order chi connectivity index (χ0) is 16.5. The minimum absolute atomic E-state index is 0.0693. The number of piperazine rings is 1. The van der Waals surface area contributed by atoms with Gasteiger partial charge >= 0.3 is 0 Å². The van der Waals surface area contributed by atoms with Gasteiger partial charge in [0.2, 0.25) is 0 Å². The maximum absolute atomic E-state index is 12.5. The first-order valence-electron chi connectivity index (χ1n) is 6.75. The van der Waals surface area contributed by atoms with Gasteiger partial charge in [-0.1, -0.05) is 16.5 Å². The van der Waals surface area contributed by atoms with Crippen molar-refractivity contribution >= 4 is 27.5 Å². The first kappa shape index (κ1) is 17.2. The predicted octanol–water partition coefficient (Wildman–Crippen LogP) is 0.830. The molecule has 0 aromatic heterocycles. The summed E-state index contributed by atoms with van der Waals surface area (Å²) >= 11 is 5.83. The Morgan fingerprint density at radius 3 is 2.50 bits per heavy atom. The summed E-state index contributed by atoms with van der Waals surface area (Å²) in [6, 6.07) is 4.28. The normalized spacial score (nSPS) is 22.6.